The summed E-state index contributed by atoms with van der Waals surface area (Å²) in [6.45, 7) is 2.72. The number of piperidine rings is 1. The minimum Gasteiger partial charge on any atom is -0.481 e. The van der Waals surface area contributed by atoms with Crippen LogP contribution in [0.4, 0.5) is 0 Å². The van der Waals surface area contributed by atoms with Gasteiger partial charge in [-0.2, -0.15) is 0 Å². The van der Waals surface area contributed by atoms with Crippen molar-refractivity contribution in [2.24, 2.45) is 11.7 Å². The Balaban J connectivity index is 1.46. The molecule has 0 bridgehead atoms. The third-order valence-corrected chi connectivity index (χ3v) is 18.3. The molecule has 2 aromatic rings. The molecule has 0 unspecified atom stereocenters. The van der Waals surface area contributed by atoms with Gasteiger partial charge in [-0.3, -0.25) is 76.7 Å². The van der Waals surface area contributed by atoms with E-state index >= 15 is 4.79 Å². The fraction of sp³-hybridized carbons (Fsp3) is 0.647. The lowest BCUT2D eigenvalue weighted by molar-refractivity contribution is -0.146. The number of aliphatic hydroxyl groups excluding tert-OH is 1. The average Bonchev–Trinajstić information content (AvgIpc) is 1.45. The summed E-state index contributed by atoms with van der Waals surface area (Å²) in [5, 5.41) is 56.8. The monoisotopic (exact) mass is 1430 g/mol. The zero-order valence-corrected chi connectivity index (χ0v) is 58.6. The number of rotatable bonds is 29. The van der Waals surface area contributed by atoms with Crippen LogP contribution >= 0.6 is 0 Å². The van der Waals surface area contributed by atoms with Crippen molar-refractivity contribution in [3.05, 3.63) is 36.0 Å². The van der Waals surface area contributed by atoms with E-state index in [4.69, 9.17) is 5.73 Å². The minimum atomic E-state index is -1.92. The number of primary amides is 1. The van der Waals surface area contributed by atoms with E-state index < -0.39 is 206 Å². The van der Waals surface area contributed by atoms with Crippen molar-refractivity contribution in [3.63, 3.8) is 0 Å². The topological polar surface area (TPSA) is 514 Å². The molecule has 3 aliphatic heterocycles. The van der Waals surface area contributed by atoms with Gasteiger partial charge in [-0.25, -0.2) is 0 Å². The van der Waals surface area contributed by atoms with Gasteiger partial charge in [0.25, 0.3) is 0 Å². The highest BCUT2D eigenvalue weighted by atomic mass is 16.4. The summed E-state index contributed by atoms with van der Waals surface area (Å²) >= 11 is 0. The van der Waals surface area contributed by atoms with Crippen LogP contribution in [0, 0.1) is 5.92 Å². The second-order valence-corrected chi connectivity index (χ2v) is 26.3. The zero-order chi connectivity index (χ0) is 75.0. The van der Waals surface area contributed by atoms with Crippen LogP contribution in [0.3, 0.4) is 0 Å². The number of nitrogens with two attached hydrogens (primary N) is 1. The van der Waals surface area contributed by atoms with Crippen molar-refractivity contribution in [1.82, 2.24) is 73.3 Å². The SMILES string of the molecule is CCCCCCCCCCCCCCC(=O)N[C@@H](Cc1c[nH]c2ccccc12)C(=O)N[C@@H](CC(N)=O)C(=O)N[C@H]1CNC(=O)[C@@H]2CCCN2C(=O)[C@H]([C@@H](C)CC)NC(=O)[C@H]([C@@H](C)O)NC(=O)CNC(=O)[C@H](CC(=O)O)NC(=O)CNC(=O)[C@H](CC(=O)O)NC(=O)CNC(=O)[C@@H]2CCCCN2C1=O. The molecular weight excluding hydrogens is 1330 g/mol. The summed E-state index contributed by atoms with van der Waals surface area (Å²) in [7, 11) is 0. The lowest BCUT2D eigenvalue weighted by atomic mass is 9.96. The maximum atomic E-state index is 15.2. The predicted molar refractivity (Wildman–Crippen MR) is 367 cm³/mol. The molecule has 34 heteroatoms. The summed E-state index contributed by atoms with van der Waals surface area (Å²) in [6.07, 6.45) is 10.9. The van der Waals surface area contributed by atoms with E-state index in [9.17, 15) is 87.2 Å². The molecule has 0 saturated carbocycles. The molecule has 4 heterocycles. The first kappa shape index (κ1) is 82.9. The Labute approximate surface area is 591 Å². The first-order chi connectivity index (χ1) is 48.6. The quantitative estimate of drug-likeness (QED) is 0.0404. The molecule has 564 valence electrons. The normalized spacial score (nSPS) is 22.5. The van der Waals surface area contributed by atoms with Crippen molar-refractivity contribution in [3.8, 4) is 0 Å². The highest BCUT2D eigenvalue weighted by molar-refractivity contribution is 6.01. The molecule has 1 aromatic carbocycles. The van der Waals surface area contributed by atoms with Crippen LogP contribution in [0.5, 0.6) is 0 Å². The summed E-state index contributed by atoms with van der Waals surface area (Å²) in [5.41, 5.74) is 7.06. The lowest BCUT2D eigenvalue weighted by Gasteiger charge is -2.37. The number of nitrogens with one attached hydrogen (secondary N) is 12. The highest BCUT2D eigenvalue weighted by Gasteiger charge is 2.43. The molecule has 3 aliphatic rings. The molecule has 0 aliphatic carbocycles. The van der Waals surface area contributed by atoms with Gasteiger partial charge in [0.15, 0.2) is 0 Å². The van der Waals surface area contributed by atoms with Crippen molar-refractivity contribution >= 4 is 106 Å². The van der Waals surface area contributed by atoms with E-state index in [1.165, 1.54) is 43.4 Å². The van der Waals surface area contributed by atoms with Crippen LogP contribution in [0.2, 0.25) is 0 Å². The maximum Gasteiger partial charge on any atom is 0.305 e. The summed E-state index contributed by atoms with van der Waals surface area (Å²) < 4.78 is 0. The number of amides is 14. The smallest absolute Gasteiger partial charge is 0.305 e. The number of hydrogen-bond acceptors (Lipinski definition) is 17. The van der Waals surface area contributed by atoms with Gasteiger partial charge in [0, 0.05) is 49.6 Å². The lowest BCUT2D eigenvalue weighted by Crippen LogP contribution is -2.63. The molecule has 3 saturated heterocycles. The number of aromatic amines is 1. The van der Waals surface area contributed by atoms with Crippen molar-refractivity contribution < 1.29 is 92.0 Å². The average molecular weight is 1430 g/mol. The molecule has 11 atom stereocenters. The van der Waals surface area contributed by atoms with Crippen molar-refractivity contribution in [2.75, 3.05) is 39.3 Å². The van der Waals surface area contributed by atoms with Crippen LogP contribution in [0.25, 0.3) is 10.9 Å². The molecule has 0 spiro atoms. The van der Waals surface area contributed by atoms with E-state index in [0.29, 0.717) is 18.4 Å². The number of para-hydroxylation sites is 1. The number of carboxylic acid groups (broad SMARTS) is 2. The third-order valence-electron chi connectivity index (χ3n) is 18.3. The van der Waals surface area contributed by atoms with Gasteiger partial charge < -0.3 is 94.3 Å². The highest BCUT2D eigenvalue weighted by Crippen LogP contribution is 2.24. The number of aromatic nitrogens is 1. The Morgan fingerprint density at radius 2 is 1.10 bits per heavy atom. The number of unbranched alkanes of at least 4 members (excludes halogenated alkanes) is 11. The van der Waals surface area contributed by atoms with Gasteiger partial charge in [-0.05, 0) is 63.0 Å². The van der Waals surface area contributed by atoms with Crippen molar-refractivity contribution in [2.45, 2.75) is 236 Å². The maximum absolute atomic E-state index is 15.2. The number of fused-ring (bicyclic) bond motifs is 3. The fourth-order valence-electron chi connectivity index (χ4n) is 12.4. The van der Waals surface area contributed by atoms with E-state index in [2.05, 4.69) is 70.4 Å². The largest absolute Gasteiger partial charge is 0.481 e. The summed E-state index contributed by atoms with van der Waals surface area (Å²) in [4.78, 5) is 224. The second-order valence-electron chi connectivity index (χ2n) is 26.3. The number of nitrogens with zero attached hydrogens (tertiary/aromatic N) is 2. The Hall–Kier alpha value is -9.76. The Morgan fingerprint density at radius 3 is 1.66 bits per heavy atom. The van der Waals surface area contributed by atoms with Gasteiger partial charge in [0.1, 0.15) is 54.4 Å². The number of carboxylic acids is 2. The molecule has 1 aromatic heterocycles. The molecule has 34 nitrogen and oxygen atoms in total. The first-order valence-electron chi connectivity index (χ1n) is 35.4. The zero-order valence-electron chi connectivity index (χ0n) is 58.6. The number of hydrogen-bond donors (Lipinski definition) is 16. The Kier molecular flexibility index (Phi) is 34.5. The molecule has 5 rings (SSSR count). The van der Waals surface area contributed by atoms with Gasteiger partial charge in [-0.1, -0.05) is 116 Å². The molecule has 3 fully saturated rings. The number of aliphatic hydroxyl groups is 1. The number of carbonyl (C=O) groups is 16. The van der Waals surface area contributed by atoms with E-state index in [1.54, 1.807) is 32.2 Å². The first-order valence-corrected chi connectivity index (χ1v) is 35.4. The minimum absolute atomic E-state index is 0.0325. The number of carbonyl (C=O) groups excluding carboxylic acids is 14. The van der Waals surface area contributed by atoms with Gasteiger partial charge in [0.05, 0.1) is 45.0 Å². The van der Waals surface area contributed by atoms with Gasteiger partial charge in [0.2, 0.25) is 82.7 Å². The molecule has 0 radical (unpaired) electrons. The molecular formula is C68H103N15O19. The molecule has 14 amide bonds. The van der Waals surface area contributed by atoms with Crippen LogP contribution in [0.15, 0.2) is 30.5 Å². The van der Waals surface area contributed by atoms with Gasteiger partial charge >= 0.3 is 11.9 Å². The summed E-state index contributed by atoms with van der Waals surface area (Å²) in [6, 6.07) is -7.57. The number of benzene rings is 1. The third kappa shape index (κ3) is 27.0. The van der Waals surface area contributed by atoms with Crippen LogP contribution in [0.1, 0.15) is 175 Å². The van der Waals surface area contributed by atoms with Crippen LogP contribution in [-0.2, 0) is 83.1 Å². The van der Waals surface area contributed by atoms with E-state index in [-0.39, 0.29) is 58.0 Å². The molecule has 102 heavy (non-hydrogen) atoms. The predicted octanol–water partition coefficient (Wildman–Crippen LogP) is -1.70. The summed E-state index contributed by atoms with van der Waals surface area (Å²) in [5.74, 6) is -18.2. The fourth-order valence-corrected chi connectivity index (χ4v) is 12.4. The van der Waals surface area contributed by atoms with E-state index in [0.717, 1.165) is 54.8 Å². The molecule has 17 N–H and O–H groups in total. The standard InChI is InChI=1S/C68H103N15O19/c1-5-7-8-9-10-11-12-13-14-15-16-17-27-52(86)75-44(30-41-34-70-43-24-19-18-23-42(41)43)62(96)78-45(31-51(69)85)63(97)79-48-35-71-64(98)50-26-22-29-83(50)68(102)58(39(3)6-2)81-66(100)59(40(4)84)80-55(89)38-73-61(95)47(33-57(92)93)76-53(87)36-72-60(94)46(32-56(90)91)77-54(88)37-74-65(99)49-25-20-21-28-82(49)67(48)101/h18-19,23-24,34,39-40,44-50,58-59,70,84H,5-17,20-22,25-33,35-38H2,1-4H3,(H2,69,85)(H,71,98)(H,72,94)(H,73,95)(H,74,99)(H,75,86)(H,76,87)(H,77,88)(H,78,96)(H,79,97)(H,80,89)(H,81,100)(H,90,91)(H,92,93)/t39-,40+,44-,45-,46-,47-,48-,49-,50-,58-,59-/m0/s1. The van der Waals surface area contributed by atoms with Crippen LogP contribution < -0.4 is 64.2 Å². The second kappa shape index (κ2) is 42.5. The number of aliphatic carboxylic acids is 2. The van der Waals surface area contributed by atoms with Crippen molar-refractivity contribution in [1.29, 1.82) is 0 Å². The number of H-pyrrole nitrogens is 1. The van der Waals surface area contributed by atoms with Gasteiger partial charge in [-0.15, -0.1) is 0 Å². The Bertz CT molecular complexity index is 3290. The van der Waals surface area contributed by atoms with E-state index in [1.807, 2.05) is 12.1 Å². The Morgan fingerprint density at radius 1 is 0.578 bits per heavy atom. The van der Waals surface area contributed by atoms with Crippen LogP contribution in [-0.4, -0.2) is 224 Å².